The molecule has 0 spiro atoms. The number of nitrogen functional groups attached to an aromatic ring is 1. The highest BCUT2D eigenvalue weighted by molar-refractivity contribution is 7.86. The zero-order valence-electron chi connectivity index (χ0n) is 27.8. The predicted molar refractivity (Wildman–Crippen MR) is 185 cm³/mol. The number of carbonyl (C=O) groups is 1. The summed E-state index contributed by atoms with van der Waals surface area (Å²) in [6.45, 7) is 3.82. The maximum absolute atomic E-state index is 13.8. The van der Waals surface area contributed by atoms with Crippen molar-refractivity contribution < 1.29 is 26.5 Å². The topological polar surface area (TPSA) is 155 Å². The Morgan fingerprint density at radius 2 is 1.72 bits per heavy atom. The molecule has 2 fully saturated rings. The molecule has 0 atom stereocenters. The van der Waals surface area contributed by atoms with Gasteiger partial charge in [0.05, 0.1) is 35.1 Å². The molecular weight excluding hydrogens is 662 g/mol. The van der Waals surface area contributed by atoms with Gasteiger partial charge in [0.2, 0.25) is 0 Å². The molecule has 7 rings (SSSR count). The van der Waals surface area contributed by atoms with Crippen molar-refractivity contribution >= 4 is 32.9 Å². The van der Waals surface area contributed by atoms with Crippen molar-refractivity contribution in [2.24, 2.45) is 0 Å². The molecule has 1 saturated heterocycles. The lowest BCUT2D eigenvalue weighted by atomic mass is 9.86. The Kier molecular flexibility index (Phi) is 9.24. The van der Waals surface area contributed by atoms with E-state index in [4.69, 9.17) is 19.8 Å². The number of nitrogens with two attached hydrogens (primary N) is 1. The number of anilines is 1. The van der Waals surface area contributed by atoms with Crippen LogP contribution in [0.4, 0.5) is 10.2 Å². The van der Waals surface area contributed by atoms with Crippen molar-refractivity contribution in [1.29, 1.82) is 0 Å². The smallest absolute Gasteiger partial charge is 0.297 e. The Morgan fingerprint density at radius 3 is 2.42 bits per heavy atom. The van der Waals surface area contributed by atoms with E-state index in [1.54, 1.807) is 24.3 Å². The summed E-state index contributed by atoms with van der Waals surface area (Å²) in [5, 5.41) is 8.52. The van der Waals surface area contributed by atoms with Crippen LogP contribution in [0.3, 0.4) is 0 Å². The van der Waals surface area contributed by atoms with Crippen molar-refractivity contribution in [1.82, 2.24) is 30.0 Å². The number of aryl methyl sites for hydroxylation is 1. The first-order valence-electron chi connectivity index (χ1n) is 16.5. The molecule has 0 bridgehead atoms. The molecule has 1 saturated carbocycles. The van der Waals surface area contributed by atoms with Crippen LogP contribution in [0.5, 0.6) is 5.75 Å². The summed E-state index contributed by atoms with van der Waals surface area (Å²) in [4.78, 5) is 24.2. The number of piperidine rings is 1. The fourth-order valence-electron chi connectivity index (χ4n) is 6.72. The largest absolute Gasteiger partial charge is 0.496 e. The number of hydrogen-bond donors (Lipinski definition) is 2. The van der Waals surface area contributed by atoms with Crippen LogP contribution in [0.25, 0.3) is 22.3 Å². The van der Waals surface area contributed by atoms with Crippen LogP contribution in [0.15, 0.2) is 78.0 Å². The van der Waals surface area contributed by atoms with E-state index in [1.807, 2.05) is 35.9 Å². The van der Waals surface area contributed by atoms with E-state index in [-0.39, 0.29) is 35.2 Å². The summed E-state index contributed by atoms with van der Waals surface area (Å²) in [6.07, 6.45) is 4.17. The van der Waals surface area contributed by atoms with E-state index in [9.17, 15) is 17.6 Å². The number of carbonyl (C=O) groups excluding carboxylic acids is 1. The second-order valence-corrected chi connectivity index (χ2v) is 14.4. The molecule has 0 unspecified atom stereocenters. The quantitative estimate of drug-likeness (QED) is 0.190. The Hall–Kier alpha value is -4.92. The minimum atomic E-state index is -3.79. The van der Waals surface area contributed by atoms with Gasteiger partial charge < -0.3 is 20.7 Å². The Balaban J connectivity index is 0.988. The number of hydrogen-bond acceptors (Lipinski definition) is 10. The molecule has 0 radical (unpaired) electrons. The highest BCUT2D eigenvalue weighted by Crippen LogP contribution is 2.37. The van der Waals surface area contributed by atoms with Crippen molar-refractivity contribution in [3.63, 3.8) is 0 Å². The first-order valence-corrected chi connectivity index (χ1v) is 17.9. The van der Waals surface area contributed by atoms with Crippen molar-refractivity contribution in [2.45, 2.75) is 62.2 Å². The number of nitrogens with zero attached hydrogens (tertiary/aromatic N) is 5. The number of rotatable bonds is 10. The van der Waals surface area contributed by atoms with E-state index >= 15 is 0 Å². The van der Waals surface area contributed by atoms with Gasteiger partial charge in [-0.2, -0.15) is 13.5 Å². The van der Waals surface area contributed by atoms with E-state index in [0.29, 0.717) is 41.1 Å². The Labute approximate surface area is 289 Å². The molecule has 5 aromatic rings. The lowest BCUT2D eigenvalue weighted by Gasteiger charge is -2.45. The normalized spacial score (nSPS) is 18.5. The minimum absolute atomic E-state index is 0.0974. The monoisotopic (exact) mass is 699 g/mol. The van der Waals surface area contributed by atoms with Crippen LogP contribution >= 0.6 is 0 Å². The van der Waals surface area contributed by atoms with Crippen molar-refractivity contribution in [2.75, 3.05) is 25.9 Å². The molecule has 3 N–H and O–H groups in total. The average molecular weight is 700 g/mol. The number of methoxy groups -OCH3 is 1. The summed E-state index contributed by atoms with van der Waals surface area (Å²) < 4.78 is 51.9. The van der Waals surface area contributed by atoms with Crippen LogP contribution in [-0.2, 0) is 20.8 Å². The fraction of sp³-hybridized carbons (Fsp3) is 0.333. The van der Waals surface area contributed by atoms with E-state index < -0.39 is 21.8 Å². The molecule has 1 amide bonds. The number of benzene rings is 3. The van der Waals surface area contributed by atoms with Gasteiger partial charge in [0.25, 0.3) is 16.0 Å². The molecule has 2 aromatic heterocycles. The van der Waals surface area contributed by atoms with Crippen LogP contribution in [0.1, 0.15) is 53.2 Å². The highest BCUT2D eigenvalue weighted by atomic mass is 32.2. The molecule has 3 heterocycles. The van der Waals surface area contributed by atoms with E-state index in [2.05, 4.69) is 20.2 Å². The number of ether oxygens (including phenoxy) is 1. The summed E-state index contributed by atoms with van der Waals surface area (Å²) in [5.74, 6) is -0.328. The van der Waals surface area contributed by atoms with Gasteiger partial charge in [-0.05, 0) is 68.5 Å². The Bertz CT molecular complexity index is 2130. The van der Waals surface area contributed by atoms with Crippen molar-refractivity contribution in [3.05, 3.63) is 95.6 Å². The first kappa shape index (κ1) is 33.6. The molecular formula is C36H38FN7O5S. The third-order valence-electron chi connectivity index (χ3n) is 9.61. The molecule has 14 heteroatoms. The van der Waals surface area contributed by atoms with Crippen LogP contribution in [0.2, 0.25) is 0 Å². The lowest BCUT2D eigenvalue weighted by Crippen LogP contribution is -2.51. The third kappa shape index (κ3) is 6.78. The summed E-state index contributed by atoms with van der Waals surface area (Å²) in [7, 11) is -2.36. The molecule has 1 aliphatic carbocycles. The molecule has 2 aliphatic rings. The van der Waals surface area contributed by atoms with Gasteiger partial charge in [-0.15, -0.1) is 0 Å². The molecule has 260 valence electrons. The van der Waals surface area contributed by atoms with E-state index in [1.165, 1.54) is 25.6 Å². The number of nitrogens with one attached hydrogen (secondary N) is 1. The van der Waals surface area contributed by atoms with Gasteiger partial charge in [0, 0.05) is 31.2 Å². The second-order valence-electron chi connectivity index (χ2n) is 12.9. The highest BCUT2D eigenvalue weighted by Gasteiger charge is 2.39. The zero-order valence-corrected chi connectivity index (χ0v) is 28.6. The summed E-state index contributed by atoms with van der Waals surface area (Å²) in [6, 6.07) is 18.5. The molecule has 12 nitrogen and oxygen atoms in total. The zero-order chi connectivity index (χ0) is 35.0. The van der Waals surface area contributed by atoms with E-state index in [0.717, 1.165) is 48.7 Å². The summed E-state index contributed by atoms with van der Waals surface area (Å²) >= 11 is 0. The minimum Gasteiger partial charge on any atom is -0.496 e. The first-order chi connectivity index (χ1) is 24.1. The average Bonchev–Trinajstić information content (AvgIpc) is 3.50. The maximum atomic E-state index is 13.8. The molecule has 1 aliphatic heterocycles. The number of amides is 1. The Morgan fingerprint density at radius 1 is 1.00 bits per heavy atom. The van der Waals surface area contributed by atoms with Gasteiger partial charge in [0.1, 0.15) is 29.4 Å². The predicted octanol–water partition coefficient (Wildman–Crippen LogP) is 5.04. The standard InChI is InChI=1S/C36H38FN7O5S/c1-22-3-10-29(11-4-22)50(46,47)49-28-18-27(19-28)43-15-13-26(14-16-43)44-35-32(34(38)40-21-41-35)33(42-44)24-7-5-23(6-8-24)20-39-36(45)30-17-25(37)9-12-31(30)48-2/h3-12,17,21,26-28H,13-16,18-20H2,1-2H3,(H,39,45)(H2,38,40,41). The lowest BCUT2D eigenvalue weighted by molar-refractivity contribution is 0.00550. The fourth-order valence-corrected chi connectivity index (χ4v) is 7.81. The number of halogens is 1. The maximum Gasteiger partial charge on any atom is 0.297 e. The number of likely N-dealkylation sites (tertiary alicyclic amines) is 1. The van der Waals surface area contributed by atoms with Gasteiger partial charge in [-0.1, -0.05) is 42.0 Å². The van der Waals surface area contributed by atoms with Gasteiger partial charge >= 0.3 is 0 Å². The summed E-state index contributed by atoms with van der Waals surface area (Å²) in [5.41, 5.74) is 10.5. The number of aromatic nitrogens is 4. The van der Waals surface area contributed by atoms with Crippen LogP contribution in [-0.4, -0.2) is 71.3 Å². The SMILES string of the molecule is COc1ccc(F)cc1C(=O)NCc1ccc(-c2nn(C3CCN(C4CC(OS(=O)(=O)c5ccc(C)cc5)C4)CC3)c3ncnc(N)c23)cc1. The molecule has 3 aromatic carbocycles. The van der Waals surface area contributed by atoms with Crippen LogP contribution in [0, 0.1) is 12.7 Å². The van der Waals surface area contributed by atoms with Gasteiger partial charge in [-0.3, -0.25) is 8.98 Å². The third-order valence-corrected chi connectivity index (χ3v) is 11.0. The number of fused-ring (bicyclic) bond motifs is 1. The second kappa shape index (κ2) is 13.8. The molecule has 50 heavy (non-hydrogen) atoms. The van der Waals surface area contributed by atoms with Crippen LogP contribution < -0.4 is 15.8 Å². The van der Waals surface area contributed by atoms with Gasteiger partial charge in [-0.25, -0.2) is 19.0 Å². The van der Waals surface area contributed by atoms with Gasteiger partial charge in [0.15, 0.2) is 5.65 Å². The van der Waals surface area contributed by atoms with Crippen molar-refractivity contribution in [3.8, 4) is 17.0 Å².